The van der Waals surface area contributed by atoms with Gasteiger partial charge in [-0.1, -0.05) is 71.4 Å². The zero-order valence-electron chi connectivity index (χ0n) is 34.1. The molecule has 3 N–H and O–H groups in total. The van der Waals surface area contributed by atoms with Crippen molar-refractivity contribution in [1.29, 1.82) is 0 Å². The van der Waals surface area contributed by atoms with Crippen LogP contribution in [0.25, 0.3) is 0 Å². The van der Waals surface area contributed by atoms with Crippen LogP contribution < -0.4 is 5.73 Å². The van der Waals surface area contributed by atoms with Crippen molar-refractivity contribution in [1.82, 2.24) is 14.7 Å². The van der Waals surface area contributed by atoms with Gasteiger partial charge in [0.25, 0.3) is 0 Å². The van der Waals surface area contributed by atoms with Gasteiger partial charge in [-0.25, -0.2) is 0 Å². The van der Waals surface area contributed by atoms with Gasteiger partial charge < -0.3 is 30.1 Å². The number of hydrogen-bond acceptors (Lipinski definition) is 9. The molecule has 0 aromatic heterocycles. The van der Waals surface area contributed by atoms with Crippen molar-refractivity contribution >= 4 is 29.4 Å². The van der Waals surface area contributed by atoms with Crippen molar-refractivity contribution in [2.24, 2.45) is 35.3 Å². The first-order valence-corrected chi connectivity index (χ1v) is 19.3. The quantitative estimate of drug-likeness (QED) is 0.165. The number of hydrogen-bond donors (Lipinski definition) is 2. The maximum Gasteiger partial charge on any atom is 0.307 e. The molecule has 1 aromatic rings. The summed E-state index contributed by atoms with van der Waals surface area (Å²) >= 11 is 0. The number of amides is 2. The van der Waals surface area contributed by atoms with Gasteiger partial charge in [0, 0.05) is 52.6 Å². The Kier molecular flexibility index (Phi) is 18.8. The van der Waals surface area contributed by atoms with Crippen LogP contribution in [-0.4, -0.2) is 127 Å². The van der Waals surface area contributed by atoms with Gasteiger partial charge in [-0.15, -0.1) is 0 Å². The zero-order valence-corrected chi connectivity index (χ0v) is 34.1. The molecule has 0 spiro atoms. The number of methoxy groups -OCH3 is 2. The van der Waals surface area contributed by atoms with E-state index in [1.54, 1.807) is 30.7 Å². The number of carboxylic acid groups (broad SMARTS) is 1. The molecule has 0 radical (unpaired) electrons. The van der Waals surface area contributed by atoms with Gasteiger partial charge >= 0.3 is 5.97 Å². The maximum atomic E-state index is 14.2. The highest BCUT2D eigenvalue weighted by Crippen LogP contribution is 2.31. The van der Waals surface area contributed by atoms with Crippen molar-refractivity contribution in [2.45, 2.75) is 123 Å². The highest BCUT2D eigenvalue weighted by atomic mass is 16.5. The van der Waals surface area contributed by atoms with Gasteiger partial charge in [-0.3, -0.25) is 28.9 Å². The summed E-state index contributed by atoms with van der Waals surface area (Å²) in [5.74, 6) is -3.98. The van der Waals surface area contributed by atoms with Crippen LogP contribution in [0.4, 0.5) is 0 Å². The lowest BCUT2D eigenvalue weighted by Crippen LogP contribution is -2.55. The minimum Gasteiger partial charge on any atom is -0.481 e. The normalized spacial score (nSPS) is 19.9. The summed E-state index contributed by atoms with van der Waals surface area (Å²) in [7, 11) is 8.48. The first-order chi connectivity index (χ1) is 24.9. The molecule has 1 heterocycles. The zero-order chi connectivity index (χ0) is 40.2. The van der Waals surface area contributed by atoms with Gasteiger partial charge in [-0.2, -0.15) is 0 Å². The van der Waals surface area contributed by atoms with Crippen molar-refractivity contribution in [3.8, 4) is 0 Å². The number of rotatable bonds is 23. The lowest BCUT2D eigenvalue weighted by Gasteiger charge is -2.41. The Hall–Kier alpha value is -3.19. The number of ketones is 2. The Labute approximate surface area is 318 Å². The fraction of sp³-hybridized carbons (Fsp3) is 0.732. The van der Waals surface area contributed by atoms with Crippen LogP contribution in [-0.2, 0) is 39.9 Å². The molecule has 1 fully saturated rings. The van der Waals surface area contributed by atoms with Gasteiger partial charge in [-0.05, 0) is 57.7 Å². The van der Waals surface area contributed by atoms with E-state index in [0.717, 1.165) is 12.0 Å². The van der Waals surface area contributed by atoms with Crippen LogP contribution in [0.2, 0.25) is 0 Å². The Bertz CT molecular complexity index is 1330. The molecule has 2 amide bonds. The van der Waals surface area contributed by atoms with Gasteiger partial charge in [0.15, 0.2) is 5.78 Å². The van der Waals surface area contributed by atoms with Crippen LogP contribution >= 0.6 is 0 Å². The van der Waals surface area contributed by atoms with Crippen LogP contribution in [0.1, 0.15) is 85.6 Å². The number of ether oxygens (including phenoxy) is 2. The number of Topliss-reactive ketones (excluding diaryl/α,β-unsaturated/α-hetero) is 2. The Morgan fingerprint density at radius 1 is 0.925 bits per heavy atom. The van der Waals surface area contributed by atoms with Gasteiger partial charge in [0.05, 0.1) is 48.6 Å². The second-order valence-electron chi connectivity index (χ2n) is 15.8. The second kappa shape index (κ2) is 21.6. The third-order valence-electron chi connectivity index (χ3n) is 11.4. The number of carbonyl (C=O) groups is 5. The van der Waals surface area contributed by atoms with E-state index in [-0.39, 0.29) is 73.0 Å². The number of likely N-dealkylation sites (tertiary alicyclic amines) is 1. The largest absolute Gasteiger partial charge is 0.481 e. The summed E-state index contributed by atoms with van der Waals surface area (Å²) in [6.45, 7) is 12.0. The highest BCUT2D eigenvalue weighted by Gasteiger charge is 2.43. The Balaban J connectivity index is 2.27. The molecule has 0 bridgehead atoms. The first kappa shape index (κ1) is 46.0. The molecule has 0 saturated carbocycles. The van der Waals surface area contributed by atoms with E-state index in [1.807, 2.05) is 77.0 Å². The molecule has 1 aliphatic rings. The molecule has 53 heavy (non-hydrogen) atoms. The van der Waals surface area contributed by atoms with Gasteiger partial charge in [0.1, 0.15) is 5.78 Å². The molecular formula is C41H68N4O8. The summed E-state index contributed by atoms with van der Waals surface area (Å²) in [5, 5.41) is 9.93. The smallest absolute Gasteiger partial charge is 0.307 e. The average molecular weight is 745 g/mol. The number of aliphatic carboxylic acids is 1. The summed E-state index contributed by atoms with van der Waals surface area (Å²) < 4.78 is 11.9. The minimum absolute atomic E-state index is 0.00557. The summed E-state index contributed by atoms with van der Waals surface area (Å²) in [6.07, 6.45) is 0.889. The van der Waals surface area contributed by atoms with Gasteiger partial charge in [0.2, 0.25) is 11.8 Å². The van der Waals surface area contributed by atoms with E-state index in [4.69, 9.17) is 15.2 Å². The fourth-order valence-electron chi connectivity index (χ4n) is 8.27. The summed E-state index contributed by atoms with van der Waals surface area (Å²) in [6, 6.07) is 7.45. The van der Waals surface area contributed by atoms with Crippen LogP contribution in [0.15, 0.2) is 30.3 Å². The van der Waals surface area contributed by atoms with E-state index >= 15 is 0 Å². The molecule has 10 atom stereocenters. The molecule has 0 unspecified atom stereocenters. The standard InChI is InChI=1S/C41H68N4O8/c1-12-26(4)38(44(9)40(49)31(28(6)42)23-34(47)37(25(2)3)43(7)8)35(52-10)24-36(48)45-20-16-19-32(45)39(53-11)27(5)33(46)22-30(41(50)51)21-29-17-14-13-15-18-29/h13-15,17-18,25-28,30-32,35,37-39H,12,16,19-24,42H2,1-11H3,(H,50,51)/t26-,27-,28-,30+,31-,32-,35+,37-,38-,39+/m0/s1. The molecule has 0 aliphatic carbocycles. The number of nitrogens with two attached hydrogens (primary N) is 1. The lowest BCUT2D eigenvalue weighted by molar-refractivity contribution is -0.149. The molecule has 1 saturated heterocycles. The van der Waals surface area contributed by atoms with E-state index in [1.165, 1.54) is 14.2 Å². The minimum atomic E-state index is -1.03. The average Bonchev–Trinajstić information content (AvgIpc) is 3.59. The summed E-state index contributed by atoms with van der Waals surface area (Å²) in [4.78, 5) is 72.8. The predicted octanol–water partition coefficient (Wildman–Crippen LogP) is 4.32. The lowest BCUT2D eigenvalue weighted by atomic mass is 9.85. The maximum absolute atomic E-state index is 14.2. The van der Waals surface area contributed by atoms with Crippen LogP contribution in [0.5, 0.6) is 0 Å². The van der Waals surface area contributed by atoms with Crippen molar-refractivity contribution in [3.63, 3.8) is 0 Å². The second-order valence-corrected chi connectivity index (χ2v) is 15.8. The van der Waals surface area contributed by atoms with Crippen LogP contribution in [0, 0.1) is 29.6 Å². The number of benzene rings is 1. The predicted molar refractivity (Wildman–Crippen MR) is 206 cm³/mol. The molecule has 12 nitrogen and oxygen atoms in total. The highest BCUT2D eigenvalue weighted by molar-refractivity contribution is 5.90. The number of carboxylic acids is 1. The third kappa shape index (κ3) is 12.4. The summed E-state index contributed by atoms with van der Waals surface area (Å²) in [5.41, 5.74) is 7.21. The number of carbonyl (C=O) groups excluding carboxylic acids is 4. The topological polar surface area (TPSA) is 160 Å². The molecule has 1 aliphatic heterocycles. The van der Waals surface area contributed by atoms with E-state index in [9.17, 15) is 29.1 Å². The Morgan fingerprint density at radius 2 is 1.55 bits per heavy atom. The van der Waals surface area contributed by atoms with E-state index in [0.29, 0.717) is 19.4 Å². The third-order valence-corrected chi connectivity index (χ3v) is 11.4. The van der Waals surface area contributed by atoms with Crippen LogP contribution in [0.3, 0.4) is 0 Å². The molecule has 300 valence electrons. The molecular weight excluding hydrogens is 676 g/mol. The number of nitrogens with zero attached hydrogens (tertiary/aromatic N) is 3. The van der Waals surface area contributed by atoms with E-state index in [2.05, 4.69) is 0 Å². The Morgan fingerprint density at radius 3 is 2.04 bits per heavy atom. The first-order valence-electron chi connectivity index (χ1n) is 19.3. The molecule has 12 heteroatoms. The van der Waals surface area contributed by atoms with Crippen molar-refractivity contribution < 1.29 is 38.6 Å². The fourth-order valence-corrected chi connectivity index (χ4v) is 8.27. The SMILES string of the molecule is CC[C@H](C)[C@@H]([C@@H](CC(=O)N1CCC[C@H]1[C@H](OC)[C@@H](C)C(=O)C[C@@H](Cc1ccccc1)C(=O)O)OC)N(C)C(=O)[C@@H](CC(=O)[C@H](C(C)C)N(C)C)[C@H](C)N. The monoisotopic (exact) mass is 745 g/mol. The van der Waals surface area contributed by atoms with E-state index < -0.39 is 48.0 Å². The molecule has 1 aromatic carbocycles. The van der Waals surface area contributed by atoms with Crippen molar-refractivity contribution in [2.75, 3.05) is 41.9 Å². The number of likely N-dealkylation sites (N-methyl/N-ethyl adjacent to an activating group) is 2. The molecule has 2 rings (SSSR count). The van der Waals surface area contributed by atoms with Crippen molar-refractivity contribution in [3.05, 3.63) is 35.9 Å².